The number of nitrogens with zero attached hydrogens (tertiary/aromatic N) is 2. The van der Waals surface area contributed by atoms with E-state index in [1.165, 1.54) is 11.3 Å². The molecule has 3 nitrogen and oxygen atoms in total. The van der Waals surface area contributed by atoms with Crippen LogP contribution >= 0.6 is 15.9 Å². The molecule has 0 aliphatic carbocycles. The van der Waals surface area contributed by atoms with Crippen LogP contribution in [0.1, 0.15) is 45.4 Å². The third-order valence-electron chi connectivity index (χ3n) is 3.30. The van der Waals surface area contributed by atoms with Crippen molar-refractivity contribution in [3.63, 3.8) is 0 Å². The fraction of sp³-hybridized carbons (Fsp3) is 0.471. The number of hydrogen-bond acceptors (Lipinski definition) is 2. The second kappa shape index (κ2) is 6.75. The summed E-state index contributed by atoms with van der Waals surface area (Å²) in [6.45, 7) is 9.62. The molecule has 0 atom stereocenters. The van der Waals surface area contributed by atoms with Crippen molar-refractivity contribution in [3.8, 4) is 5.69 Å². The molecule has 1 aromatic heterocycles. The van der Waals surface area contributed by atoms with Gasteiger partial charge in [-0.3, -0.25) is 0 Å². The number of rotatable bonds is 5. The van der Waals surface area contributed by atoms with Gasteiger partial charge in [-0.2, -0.15) is 5.10 Å². The second-order valence-electron chi connectivity index (χ2n) is 6.36. The Labute approximate surface area is 135 Å². The van der Waals surface area contributed by atoms with Crippen LogP contribution in [-0.2, 0) is 13.0 Å². The predicted octanol–water partition coefficient (Wildman–Crippen LogP) is 4.48. The van der Waals surface area contributed by atoms with Crippen LogP contribution in [0, 0.1) is 0 Å². The van der Waals surface area contributed by atoms with Gasteiger partial charge in [0.25, 0.3) is 0 Å². The predicted molar refractivity (Wildman–Crippen MR) is 91.9 cm³/mol. The molecular weight excluding hydrogens is 326 g/mol. The fourth-order valence-corrected chi connectivity index (χ4v) is 2.64. The first-order chi connectivity index (χ1) is 9.90. The summed E-state index contributed by atoms with van der Waals surface area (Å²) in [6, 6.07) is 8.28. The Morgan fingerprint density at radius 3 is 2.67 bits per heavy atom. The molecule has 4 heteroatoms. The maximum Gasteiger partial charge on any atom is 0.0660 e. The largest absolute Gasteiger partial charge is 0.308 e. The van der Waals surface area contributed by atoms with Gasteiger partial charge in [0.2, 0.25) is 0 Å². The van der Waals surface area contributed by atoms with Crippen LogP contribution in [0.25, 0.3) is 5.69 Å². The van der Waals surface area contributed by atoms with Crippen LogP contribution in [0.3, 0.4) is 0 Å². The van der Waals surface area contributed by atoms with Gasteiger partial charge in [0.15, 0.2) is 0 Å². The molecule has 0 spiro atoms. The Bertz CT molecular complexity index is 596. The minimum atomic E-state index is 0.112. The van der Waals surface area contributed by atoms with Gasteiger partial charge in [0, 0.05) is 27.8 Å². The summed E-state index contributed by atoms with van der Waals surface area (Å²) >= 11 is 3.53. The van der Waals surface area contributed by atoms with Gasteiger partial charge in [0.05, 0.1) is 11.9 Å². The zero-order chi connectivity index (χ0) is 15.5. The lowest BCUT2D eigenvalue weighted by Gasteiger charge is -2.20. The van der Waals surface area contributed by atoms with E-state index in [1.54, 1.807) is 0 Å². The van der Waals surface area contributed by atoms with Crippen LogP contribution in [0.15, 0.2) is 34.9 Å². The van der Waals surface area contributed by atoms with Gasteiger partial charge >= 0.3 is 0 Å². The Balaban J connectivity index is 2.32. The van der Waals surface area contributed by atoms with E-state index in [-0.39, 0.29) is 5.54 Å². The highest BCUT2D eigenvalue weighted by Crippen LogP contribution is 2.20. The molecule has 0 unspecified atom stereocenters. The van der Waals surface area contributed by atoms with E-state index in [1.807, 2.05) is 18.3 Å². The summed E-state index contributed by atoms with van der Waals surface area (Å²) in [5.41, 5.74) is 3.80. The molecule has 21 heavy (non-hydrogen) atoms. The molecule has 1 heterocycles. The average Bonchev–Trinajstić information content (AvgIpc) is 2.79. The Hall–Kier alpha value is -1.13. The highest BCUT2D eigenvalue weighted by atomic mass is 79.9. The number of benzene rings is 1. The smallest absolute Gasteiger partial charge is 0.0660 e. The van der Waals surface area contributed by atoms with Crippen molar-refractivity contribution in [2.24, 2.45) is 0 Å². The monoisotopic (exact) mass is 349 g/mol. The van der Waals surface area contributed by atoms with Crippen molar-refractivity contribution >= 4 is 15.9 Å². The fourth-order valence-electron chi connectivity index (χ4n) is 2.25. The van der Waals surface area contributed by atoms with Gasteiger partial charge < -0.3 is 5.32 Å². The molecule has 1 aromatic carbocycles. The van der Waals surface area contributed by atoms with E-state index in [9.17, 15) is 0 Å². The number of nitrogens with one attached hydrogen (secondary N) is 1. The second-order valence-corrected chi connectivity index (χ2v) is 7.28. The van der Waals surface area contributed by atoms with Gasteiger partial charge in [-0.1, -0.05) is 35.3 Å². The Kier molecular flexibility index (Phi) is 5.22. The van der Waals surface area contributed by atoms with Crippen molar-refractivity contribution in [2.45, 2.75) is 52.6 Å². The van der Waals surface area contributed by atoms with Crippen LogP contribution in [0.4, 0.5) is 0 Å². The molecular formula is C17H24BrN3. The van der Waals surface area contributed by atoms with Gasteiger partial charge in [-0.15, -0.1) is 0 Å². The van der Waals surface area contributed by atoms with E-state index in [4.69, 9.17) is 0 Å². The van der Waals surface area contributed by atoms with Crippen LogP contribution in [-0.4, -0.2) is 15.3 Å². The van der Waals surface area contributed by atoms with Crippen LogP contribution in [0.2, 0.25) is 0 Å². The van der Waals surface area contributed by atoms with Gasteiger partial charge in [-0.05, 0) is 45.4 Å². The SMILES string of the molecule is CCCc1c(CNC(C)(C)C)cnn1-c1cccc(Br)c1. The first-order valence-corrected chi connectivity index (χ1v) is 8.27. The zero-order valence-corrected chi connectivity index (χ0v) is 14.9. The van der Waals surface area contributed by atoms with E-state index in [2.05, 4.69) is 70.9 Å². The standard InChI is InChI=1S/C17H24BrN3/c1-5-7-16-13(11-19-17(2,3)4)12-20-21(16)15-9-6-8-14(18)10-15/h6,8-10,12,19H,5,7,11H2,1-4H3. The maximum absolute atomic E-state index is 4.60. The highest BCUT2D eigenvalue weighted by Gasteiger charge is 2.15. The number of hydrogen-bond donors (Lipinski definition) is 1. The summed E-state index contributed by atoms with van der Waals surface area (Å²) in [5, 5.41) is 8.15. The normalized spacial score (nSPS) is 11.9. The van der Waals surface area contributed by atoms with Crippen molar-refractivity contribution in [3.05, 3.63) is 46.2 Å². The molecule has 0 amide bonds. The van der Waals surface area contributed by atoms with Gasteiger partial charge in [0.1, 0.15) is 0 Å². The van der Waals surface area contributed by atoms with Crippen LogP contribution in [0.5, 0.6) is 0 Å². The highest BCUT2D eigenvalue weighted by molar-refractivity contribution is 9.10. The number of halogens is 1. The van der Waals surface area contributed by atoms with E-state index in [0.717, 1.165) is 29.5 Å². The molecule has 0 saturated carbocycles. The minimum absolute atomic E-state index is 0.112. The van der Waals surface area contributed by atoms with E-state index >= 15 is 0 Å². The lowest BCUT2D eigenvalue weighted by atomic mass is 10.1. The zero-order valence-electron chi connectivity index (χ0n) is 13.3. The first kappa shape index (κ1) is 16.2. The summed E-state index contributed by atoms with van der Waals surface area (Å²) in [7, 11) is 0. The summed E-state index contributed by atoms with van der Waals surface area (Å²) < 4.78 is 3.14. The number of aromatic nitrogens is 2. The van der Waals surface area contributed by atoms with E-state index < -0.39 is 0 Å². The summed E-state index contributed by atoms with van der Waals surface area (Å²) in [4.78, 5) is 0. The maximum atomic E-state index is 4.60. The summed E-state index contributed by atoms with van der Waals surface area (Å²) in [6.07, 6.45) is 4.14. The average molecular weight is 350 g/mol. The molecule has 0 aliphatic rings. The third kappa shape index (κ3) is 4.42. The lowest BCUT2D eigenvalue weighted by Crippen LogP contribution is -2.35. The lowest BCUT2D eigenvalue weighted by molar-refractivity contribution is 0.423. The third-order valence-corrected chi connectivity index (χ3v) is 3.80. The first-order valence-electron chi connectivity index (χ1n) is 7.47. The Morgan fingerprint density at radius 2 is 2.05 bits per heavy atom. The molecule has 2 aromatic rings. The molecule has 0 radical (unpaired) electrons. The molecule has 114 valence electrons. The van der Waals surface area contributed by atoms with Gasteiger partial charge in [-0.25, -0.2) is 4.68 Å². The quantitative estimate of drug-likeness (QED) is 0.862. The summed E-state index contributed by atoms with van der Waals surface area (Å²) in [5.74, 6) is 0. The van der Waals surface area contributed by atoms with Crippen LogP contribution < -0.4 is 5.32 Å². The van der Waals surface area contributed by atoms with Crippen molar-refractivity contribution < 1.29 is 0 Å². The molecule has 0 fully saturated rings. The topological polar surface area (TPSA) is 29.9 Å². The van der Waals surface area contributed by atoms with Crippen molar-refractivity contribution in [1.82, 2.24) is 15.1 Å². The van der Waals surface area contributed by atoms with E-state index in [0.29, 0.717) is 0 Å². The molecule has 0 aliphatic heterocycles. The van der Waals surface area contributed by atoms with Crippen molar-refractivity contribution in [1.29, 1.82) is 0 Å². The molecule has 0 bridgehead atoms. The van der Waals surface area contributed by atoms with Crippen molar-refractivity contribution in [2.75, 3.05) is 0 Å². The molecule has 0 saturated heterocycles. The molecule has 2 rings (SSSR count). The minimum Gasteiger partial charge on any atom is -0.308 e. The molecule has 1 N–H and O–H groups in total. The Morgan fingerprint density at radius 1 is 1.29 bits per heavy atom.